The Labute approximate surface area is 201 Å². The van der Waals surface area contributed by atoms with Gasteiger partial charge in [0.1, 0.15) is 0 Å². The molecule has 0 amide bonds. The van der Waals surface area contributed by atoms with Crippen molar-refractivity contribution in [3.63, 3.8) is 0 Å². The first kappa shape index (κ1) is 22.5. The molecule has 166 valence electrons. The predicted molar refractivity (Wildman–Crippen MR) is 132 cm³/mol. The first-order chi connectivity index (χ1) is 15.4. The highest BCUT2D eigenvalue weighted by atomic mass is 79.9. The maximum absolute atomic E-state index is 11.9. The van der Waals surface area contributed by atoms with Crippen LogP contribution in [0.3, 0.4) is 0 Å². The van der Waals surface area contributed by atoms with E-state index in [0.29, 0.717) is 11.7 Å². The number of nitrogens with zero attached hydrogens (tertiary/aromatic N) is 3. The molecule has 1 aromatic carbocycles. The minimum Gasteiger partial charge on any atom is -0.469 e. The highest BCUT2D eigenvalue weighted by Crippen LogP contribution is 2.41. The maximum Gasteiger partial charge on any atom is 0.307 e. The van der Waals surface area contributed by atoms with Crippen molar-refractivity contribution >= 4 is 39.2 Å². The van der Waals surface area contributed by atoms with Crippen LogP contribution in [0.1, 0.15) is 41.1 Å². The summed E-state index contributed by atoms with van der Waals surface area (Å²) < 4.78 is 8.15. The van der Waals surface area contributed by atoms with Gasteiger partial charge in [0.2, 0.25) is 0 Å². The third kappa shape index (κ3) is 4.29. The molecule has 4 rings (SSSR count). The average molecular weight is 513 g/mol. The summed E-state index contributed by atoms with van der Waals surface area (Å²) in [5, 5.41) is 4.05. The van der Waals surface area contributed by atoms with E-state index in [1.165, 1.54) is 7.11 Å². The maximum atomic E-state index is 11.9. The second-order valence-corrected chi connectivity index (χ2v) is 9.09. The fourth-order valence-corrected chi connectivity index (χ4v) is 4.97. The zero-order valence-electron chi connectivity index (χ0n) is 18.2. The number of carbonyl (C=O) groups excluding carboxylic acids is 1. The van der Waals surface area contributed by atoms with Crippen molar-refractivity contribution in [2.45, 2.75) is 32.4 Å². The summed E-state index contributed by atoms with van der Waals surface area (Å²) >= 11 is 9.21. The van der Waals surface area contributed by atoms with Gasteiger partial charge in [0.15, 0.2) is 5.11 Å². The SMILES string of the molecule is COC(=O)CCN1C(=S)N[C@H](c2ccccn2)[C@@H]1c1cc(C)n(-c2ccc(Br)cc2)c1C. The highest BCUT2D eigenvalue weighted by Gasteiger charge is 2.41. The summed E-state index contributed by atoms with van der Waals surface area (Å²) in [4.78, 5) is 18.5. The Bertz CT molecular complexity index is 1130. The summed E-state index contributed by atoms with van der Waals surface area (Å²) in [5.74, 6) is -0.256. The molecule has 0 unspecified atom stereocenters. The quantitative estimate of drug-likeness (QED) is 0.378. The molecule has 8 heteroatoms. The van der Waals surface area contributed by atoms with Gasteiger partial charge in [-0.25, -0.2) is 0 Å². The number of aromatic nitrogens is 2. The summed E-state index contributed by atoms with van der Waals surface area (Å²) in [6, 6.07) is 16.1. The zero-order valence-corrected chi connectivity index (χ0v) is 20.6. The topological polar surface area (TPSA) is 59.4 Å². The number of pyridine rings is 1. The van der Waals surface area contributed by atoms with Gasteiger partial charge in [0, 0.05) is 34.3 Å². The summed E-state index contributed by atoms with van der Waals surface area (Å²) in [6.07, 6.45) is 2.05. The van der Waals surface area contributed by atoms with Crippen LogP contribution in [0.15, 0.2) is 59.2 Å². The molecule has 0 bridgehead atoms. The van der Waals surface area contributed by atoms with Crippen molar-refractivity contribution in [1.82, 2.24) is 19.8 Å². The Balaban J connectivity index is 1.78. The molecule has 2 aromatic heterocycles. The van der Waals surface area contributed by atoms with E-state index in [9.17, 15) is 4.79 Å². The Morgan fingerprint density at radius 2 is 1.97 bits per heavy atom. The number of halogens is 1. The van der Waals surface area contributed by atoms with Crippen LogP contribution >= 0.6 is 28.1 Å². The number of methoxy groups -OCH3 is 1. The van der Waals surface area contributed by atoms with Gasteiger partial charge in [0.25, 0.3) is 0 Å². The summed E-state index contributed by atoms with van der Waals surface area (Å²) in [5.41, 5.74) is 5.42. The number of ether oxygens (including phenoxy) is 1. The predicted octanol–water partition coefficient (Wildman–Crippen LogP) is 4.79. The number of carbonyl (C=O) groups is 1. The molecular weight excluding hydrogens is 488 g/mol. The molecule has 0 spiro atoms. The molecule has 0 aliphatic carbocycles. The molecule has 32 heavy (non-hydrogen) atoms. The largest absolute Gasteiger partial charge is 0.469 e. The number of hydrogen-bond acceptors (Lipinski definition) is 4. The van der Waals surface area contributed by atoms with Crippen LogP contribution in [-0.2, 0) is 9.53 Å². The molecule has 1 saturated heterocycles. The lowest BCUT2D eigenvalue weighted by Gasteiger charge is -2.28. The molecule has 1 aliphatic rings. The molecule has 0 saturated carbocycles. The van der Waals surface area contributed by atoms with Crippen LogP contribution in [0.4, 0.5) is 0 Å². The van der Waals surface area contributed by atoms with E-state index in [0.717, 1.165) is 32.8 Å². The molecule has 1 aliphatic heterocycles. The van der Waals surface area contributed by atoms with Gasteiger partial charge in [-0.2, -0.15) is 0 Å². The van der Waals surface area contributed by atoms with Crippen molar-refractivity contribution in [3.8, 4) is 5.69 Å². The average Bonchev–Trinajstić information content (AvgIpc) is 3.28. The van der Waals surface area contributed by atoms with E-state index in [2.05, 4.69) is 67.7 Å². The first-order valence-electron chi connectivity index (χ1n) is 10.4. The number of hydrogen-bond donors (Lipinski definition) is 1. The second-order valence-electron chi connectivity index (χ2n) is 7.78. The van der Waals surface area contributed by atoms with E-state index >= 15 is 0 Å². The second kappa shape index (κ2) is 9.42. The van der Waals surface area contributed by atoms with Crippen LogP contribution < -0.4 is 5.32 Å². The molecular formula is C24H25BrN4O2S. The van der Waals surface area contributed by atoms with E-state index in [-0.39, 0.29) is 24.5 Å². The molecule has 6 nitrogen and oxygen atoms in total. The molecule has 1 N–H and O–H groups in total. The minimum atomic E-state index is -0.256. The van der Waals surface area contributed by atoms with E-state index in [1.807, 2.05) is 30.3 Å². The Hall–Kier alpha value is -2.71. The van der Waals surface area contributed by atoms with Crippen molar-refractivity contribution in [2.24, 2.45) is 0 Å². The number of benzene rings is 1. The number of thiocarbonyl (C=S) groups is 1. The fraction of sp³-hybridized carbons (Fsp3) is 0.292. The third-order valence-electron chi connectivity index (χ3n) is 5.86. The van der Waals surface area contributed by atoms with Crippen molar-refractivity contribution in [2.75, 3.05) is 13.7 Å². The van der Waals surface area contributed by atoms with Crippen molar-refractivity contribution in [1.29, 1.82) is 0 Å². The lowest BCUT2D eigenvalue weighted by Crippen LogP contribution is -2.32. The van der Waals surface area contributed by atoms with E-state index in [1.54, 1.807) is 6.20 Å². The standard InChI is InChI=1S/C24H25BrN4O2S/c1-15-14-19(16(2)29(15)18-9-7-17(25)8-10-18)23-22(20-6-4-5-12-26-20)27-24(32)28(23)13-11-21(30)31-3/h4-10,12,14,22-23H,11,13H2,1-3H3,(H,27,32)/t22-,23+/m1/s1. The lowest BCUT2D eigenvalue weighted by atomic mass is 9.96. The van der Waals surface area contributed by atoms with Crippen LogP contribution in [0.2, 0.25) is 0 Å². The Morgan fingerprint density at radius 3 is 2.62 bits per heavy atom. The number of aryl methyl sites for hydroxylation is 1. The van der Waals surface area contributed by atoms with Gasteiger partial charge in [-0.3, -0.25) is 9.78 Å². The summed E-state index contributed by atoms with van der Waals surface area (Å²) in [6.45, 7) is 4.70. The number of nitrogens with one attached hydrogen (secondary N) is 1. The molecule has 2 atom stereocenters. The molecule has 0 radical (unpaired) electrons. The van der Waals surface area contributed by atoms with E-state index in [4.69, 9.17) is 17.0 Å². The first-order valence-corrected chi connectivity index (χ1v) is 11.6. The smallest absolute Gasteiger partial charge is 0.307 e. The number of esters is 1. The molecule has 3 aromatic rings. The Kier molecular flexibility index (Phi) is 6.62. The van der Waals surface area contributed by atoms with Gasteiger partial charge in [0.05, 0.1) is 31.3 Å². The fourth-order valence-electron chi connectivity index (χ4n) is 4.37. The zero-order chi connectivity index (χ0) is 22.8. The highest BCUT2D eigenvalue weighted by molar-refractivity contribution is 9.10. The third-order valence-corrected chi connectivity index (χ3v) is 6.74. The van der Waals surface area contributed by atoms with Gasteiger partial charge >= 0.3 is 5.97 Å². The van der Waals surface area contributed by atoms with E-state index < -0.39 is 0 Å². The summed E-state index contributed by atoms with van der Waals surface area (Å²) in [7, 11) is 1.41. The van der Waals surface area contributed by atoms with Crippen LogP contribution in [0.5, 0.6) is 0 Å². The van der Waals surface area contributed by atoms with Crippen molar-refractivity contribution in [3.05, 3.63) is 81.8 Å². The molecule has 1 fully saturated rings. The lowest BCUT2D eigenvalue weighted by molar-refractivity contribution is -0.140. The van der Waals surface area contributed by atoms with Crippen molar-refractivity contribution < 1.29 is 9.53 Å². The van der Waals surface area contributed by atoms with Gasteiger partial charge in [-0.1, -0.05) is 22.0 Å². The monoisotopic (exact) mass is 512 g/mol. The van der Waals surface area contributed by atoms with Crippen LogP contribution in [-0.4, -0.2) is 39.2 Å². The minimum absolute atomic E-state index is 0.0996. The molecule has 3 heterocycles. The number of rotatable bonds is 6. The normalized spacial score (nSPS) is 18.0. The van der Waals surface area contributed by atoms with Crippen LogP contribution in [0, 0.1) is 13.8 Å². The Morgan fingerprint density at radius 1 is 1.22 bits per heavy atom. The van der Waals surface area contributed by atoms with Gasteiger partial charge < -0.3 is 19.5 Å². The van der Waals surface area contributed by atoms with Gasteiger partial charge in [-0.05, 0) is 74.1 Å². The van der Waals surface area contributed by atoms with Crippen LogP contribution in [0.25, 0.3) is 5.69 Å². The van der Waals surface area contributed by atoms with Gasteiger partial charge in [-0.15, -0.1) is 0 Å².